The van der Waals surface area contributed by atoms with Gasteiger partial charge in [-0.15, -0.1) is 0 Å². The molecule has 0 amide bonds. The van der Waals surface area contributed by atoms with Gasteiger partial charge < -0.3 is 14.8 Å². The lowest BCUT2D eigenvalue weighted by atomic mass is 10.2. The second kappa shape index (κ2) is 5.47. The van der Waals surface area contributed by atoms with Gasteiger partial charge in [0.2, 0.25) is 5.95 Å². The fourth-order valence-electron chi connectivity index (χ4n) is 2.54. The second-order valence-corrected chi connectivity index (χ2v) is 4.88. The lowest BCUT2D eigenvalue weighted by molar-refractivity contribution is 0.405. The Morgan fingerprint density at radius 1 is 1.24 bits per heavy atom. The highest BCUT2D eigenvalue weighted by molar-refractivity contribution is 5.65. The molecule has 0 bridgehead atoms. The fraction of sp³-hybridized carbons (Fsp3) is 0.333. The van der Waals surface area contributed by atoms with Crippen LogP contribution in [0.4, 0.5) is 11.6 Å². The first-order chi connectivity index (χ1) is 10.2. The lowest BCUT2D eigenvalue weighted by Crippen LogP contribution is -2.16. The van der Waals surface area contributed by atoms with Gasteiger partial charge in [0.25, 0.3) is 5.56 Å². The van der Waals surface area contributed by atoms with Crippen LogP contribution in [-0.4, -0.2) is 24.2 Å². The third-order valence-corrected chi connectivity index (χ3v) is 3.60. The number of rotatable bonds is 4. The van der Waals surface area contributed by atoms with Crippen LogP contribution >= 0.6 is 0 Å². The number of aryl methyl sites for hydroxylation is 1. The van der Waals surface area contributed by atoms with Gasteiger partial charge in [0.05, 0.1) is 25.6 Å². The largest absolute Gasteiger partial charge is 0.497 e. The van der Waals surface area contributed by atoms with E-state index in [0.29, 0.717) is 23.1 Å². The Kier molecular flexibility index (Phi) is 3.51. The van der Waals surface area contributed by atoms with Crippen molar-refractivity contribution in [3.05, 3.63) is 39.8 Å². The number of aromatic nitrogens is 2. The SMILES string of the molecule is COc1ccc(OC)c(Nc2nc3c(c(=O)[nH]2)CCC3)c1. The van der Waals surface area contributed by atoms with E-state index >= 15 is 0 Å². The summed E-state index contributed by atoms with van der Waals surface area (Å²) < 4.78 is 10.5. The molecule has 1 aliphatic rings. The van der Waals surface area contributed by atoms with Gasteiger partial charge in [0.15, 0.2) is 0 Å². The summed E-state index contributed by atoms with van der Waals surface area (Å²) in [6.07, 6.45) is 2.64. The van der Waals surface area contributed by atoms with Crippen molar-refractivity contribution >= 4 is 11.6 Å². The Morgan fingerprint density at radius 3 is 2.86 bits per heavy atom. The average Bonchev–Trinajstić information content (AvgIpc) is 2.96. The first-order valence-corrected chi connectivity index (χ1v) is 6.82. The first-order valence-electron chi connectivity index (χ1n) is 6.82. The molecule has 0 fully saturated rings. The van der Waals surface area contributed by atoms with Gasteiger partial charge in [0, 0.05) is 11.6 Å². The zero-order valence-electron chi connectivity index (χ0n) is 12.0. The van der Waals surface area contributed by atoms with E-state index in [1.54, 1.807) is 26.4 Å². The van der Waals surface area contributed by atoms with Crippen LogP contribution in [0.3, 0.4) is 0 Å². The van der Waals surface area contributed by atoms with Gasteiger partial charge in [-0.1, -0.05) is 0 Å². The summed E-state index contributed by atoms with van der Waals surface area (Å²) in [5.41, 5.74) is 2.31. The number of ether oxygens (including phenoxy) is 2. The molecule has 1 heterocycles. The summed E-state index contributed by atoms with van der Waals surface area (Å²) in [6, 6.07) is 5.40. The lowest BCUT2D eigenvalue weighted by Gasteiger charge is -2.12. The molecule has 6 nitrogen and oxygen atoms in total. The Hall–Kier alpha value is -2.50. The van der Waals surface area contributed by atoms with Gasteiger partial charge in [-0.05, 0) is 31.4 Å². The maximum absolute atomic E-state index is 12.0. The Balaban J connectivity index is 1.97. The summed E-state index contributed by atoms with van der Waals surface area (Å²) in [5, 5.41) is 3.10. The van der Waals surface area contributed by atoms with E-state index in [4.69, 9.17) is 9.47 Å². The number of H-pyrrole nitrogens is 1. The van der Waals surface area contributed by atoms with Crippen LogP contribution in [0, 0.1) is 0 Å². The van der Waals surface area contributed by atoms with E-state index < -0.39 is 0 Å². The van der Waals surface area contributed by atoms with Gasteiger partial charge in [0.1, 0.15) is 11.5 Å². The quantitative estimate of drug-likeness (QED) is 0.899. The van der Waals surface area contributed by atoms with Crippen molar-refractivity contribution < 1.29 is 9.47 Å². The van der Waals surface area contributed by atoms with Crippen molar-refractivity contribution in [1.29, 1.82) is 0 Å². The van der Waals surface area contributed by atoms with E-state index in [0.717, 1.165) is 30.5 Å². The summed E-state index contributed by atoms with van der Waals surface area (Å²) in [6.45, 7) is 0. The monoisotopic (exact) mass is 287 g/mol. The molecule has 0 unspecified atom stereocenters. The molecular weight excluding hydrogens is 270 g/mol. The number of anilines is 2. The van der Waals surface area contributed by atoms with Crippen LogP contribution in [0.1, 0.15) is 17.7 Å². The van der Waals surface area contributed by atoms with Crippen molar-refractivity contribution in [2.45, 2.75) is 19.3 Å². The molecule has 2 N–H and O–H groups in total. The Labute approximate surface area is 122 Å². The molecule has 2 aromatic rings. The van der Waals surface area contributed by atoms with Crippen LogP contribution in [0.25, 0.3) is 0 Å². The molecule has 0 saturated heterocycles. The van der Waals surface area contributed by atoms with E-state index in [-0.39, 0.29) is 5.56 Å². The number of nitrogens with one attached hydrogen (secondary N) is 2. The Bertz CT molecular complexity index is 725. The van der Waals surface area contributed by atoms with Gasteiger partial charge in [-0.3, -0.25) is 9.78 Å². The summed E-state index contributed by atoms with van der Waals surface area (Å²) in [4.78, 5) is 19.3. The molecule has 0 atom stereocenters. The third kappa shape index (κ3) is 2.56. The number of benzene rings is 1. The molecule has 110 valence electrons. The highest BCUT2D eigenvalue weighted by Crippen LogP contribution is 2.30. The van der Waals surface area contributed by atoms with Crippen LogP contribution in [0.2, 0.25) is 0 Å². The molecule has 0 spiro atoms. The minimum absolute atomic E-state index is 0.0677. The average molecular weight is 287 g/mol. The highest BCUT2D eigenvalue weighted by Gasteiger charge is 2.17. The molecule has 21 heavy (non-hydrogen) atoms. The molecular formula is C15H17N3O3. The van der Waals surface area contributed by atoms with E-state index in [2.05, 4.69) is 15.3 Å². The minimum Gasteiger partial charge on any atom is -0.497 e. The van der Waals surface area contributed by atoms with E-state index in [1.807, 2.05) is 6.07 Å². The van der Waals surface area contributed by atoms with E-state index in [9.17, 15) is 4.79 Å². The second-order valence-electron chi connectivity index (χ2n) is 4.88. The van der Waals surface area contributed by atoms with Crippen LogP contribution in [-0.2, 0) is 12.8 Å². The highest BCUT2D eigenvalue weighted by atomic mass is 16.5. The molecule has 1 aromatic carbocycles. The van der Waals surface area contributed by atoms with E-state index in [1.165, 1.54) is 0 Å². The molecule has 1 aliphatic carbocycles. The van der Waals surface area contributed by atoms with Crippen molar-refractivity contribution in [2.75, 3.05) is 19.5 Å². The Morgan fingerprint density at radius 2 is 2.10 bits per heavy atom. The maximum atomic E-state index is 12.0. The van der Waals surface area contributed by atoms with Crippen LogP contribution in [0.15, 0.2) is 23.0 Å². The molecule has 3 rings (SSSR count). The predicted molar refractivity (Wildman–Crippen MR) is 79.7 cm³/mol. The molecule has 0 radical (unpaired) electrons. The predicted octanol–water partition coefficient (Wildman–Crippen LogP) is 2.02. The zero-order chi connectivity index (χ0) is 14.8. The summed E-state index contributed by atoms with van der Waals surface area (Å²) >= 11 is 0. The van der Waals surface area contributed by atoms with Gasteiger partial charge in [-0.2, -0.15) is 0 Å². The number of nitrogens with zero attached hydrogens (tertiary/aromatic N) is 1. The van der Waals surface area contributed by atoms with Crippen molar-refractivity contribution in [2.24, 2.45) is 0 Å². The molecule has 1 aromatic heterocycles. The number of hydrogen-bond donors (Lipinski definition) is 2. The zero-order valence-corrected chi connectivity index (χ0v) is 12.0. The summed E-state index contributed by atoms with van der Waals surface area (Å²) in [7, 11) is 3.19. The third-order valence-electron chi connectivity index (χ3n) is 3.60. The topological polar surface area (TPSA) is 76.2 Å². The first kappa shape index (κ1) is 13.5. The molecule has 6 heteroatoms. The number of methoxy groups -OCH3 is 2. The molecule has 0 aliphatic heterocycles. The van der Waals surface area contributed by atoms with Gasteiger partial charge >= 0.3 is 0 Å². The molecule has 0 saturated carbocycles. The van der Waals surface area contributed by atoms with Crippen LogP contribution in [0.5, 0.6) is 11.5 Å². The van der Waals surface area contributed by atoms with Crippen molar-refractivity contribution in [1.82, 2.24) is 9.97 Å². The number of aromatic amines is 1. The maximum Gasteiger partial charge on any atom is 0.255 e. The van der Waals surface area contributed by atoms with Crippen molar-refractivity contribution in [3.8, 4) is 11.5 Å². The standard InChI is InChI=1S/C15H17N3O3/c1-20-9-6-7-13(21-2)12(8-9)17-15-16-11-5-3-4-10(11)14(19)18-15/h6-8H,3-5H2,1-2H3,(H2,16,17,18,19). The fourth-order valence-corrected chi connectivity index (χ4v) is 2.54. The minimum atomic E-state index is -0.0677. The van der Waals surface area contributed by atoms with Crippen molar-refractivity contribution in [3.63, 3.8) is 0 Å². The number of hydrogen-bond acceptors (Lipinski definition) is 5. The summed E-state index contributed by atoms with van der Waals surface area (Å²) in [5.74, 6) is 1.77. The smallest absolute Gasteiger partial charge is 0.255 e. The van der Waals surface area contributed by atoms with Gasteiger partial charge in [-0.25, -0.2) is 4.98 Å². The normalized spacial score (nSPS) is 12.9. The number of fused-ring (bicyclic) bond motifs is 1. The van der Waals surface area contributed by atoms with Crippen LogP contribution < -0.4 is 20.3 Å².